The second kappa shape index (κ2) is 9.00. The number of nitrogens with one attached hydrogen (secondary N) is 1. The fourth-order valence-electron chi connectivity index (χ4n) is 2.06. The lowest BCUT2D eigenvalue weighted by Crippen LogP contribution is -2.44. The Bertz CT molecular complexity index is 155. The SMILES string of the molecule is CCCN(C(C)C)C(C)CNCCC(C)C. The predicted octanol–water partition coefficient (Wildman–Crippen LogP) is 3.13. The van der Waals surface area contributed by atoms with Crippen molar-refractivity contribution in [3.63, 3.8) is 0 Å². The van der Waals surface area contributed by atoms with Crippen LogP contribution in [0.2, 0.25) is 0 Å². The van der Waals surface area contributed by atoms with Crippen LogP contribution in [0.15, 0.2) is 0 Å². The van der Waals surface area contributed by atoms with Crippen LogP contribution < -0.4 is 5.32 Å². The molecule has 98 valence electrons. The zero-order chi connectivity index (χ0) is 12.6. The molecule has 0 heterocycles. The van der Waals surface area contributed by atoms with E-state index >= 15 is 0 Å². The van der Waals surface area contributed by atoms with Crippen molar-refractivity contribution in [3.05, 3.63) is 0 Å². The molecule has 0 aliphatic rings. The van der Waals surface area contributed by atoms with Crippen molar-refractivity contribution in [2.75, 3.05) is 19.6 Å². The fraction of sp³-hybridized carbons (Fsp3) is 1.00. The smallest absolute Gasteiger partial charge is 0.0195 e. The predicted molar refractivity (Wildman–Crippen MR) is 73.9 cm³/mol. The Labute approximate surface area is 103 Å². The summed E-state index contributed by atoms with van der Waals surface area (Å²) in [6.45, 7) is 17.2. The van der Waals surface area contributed by atoms with Crippen LogP contribution in [-0.4, -0.2) is 36.6 Å². The number of hydrogen-bond acceptors (Lipinski definition) is 2. The van der Waals surface area contributed by atoms with Crippen molar-refractivity contribution in [1.29, 1.82) is 0 Å². The van der Waals surface area contributed by atoms with Crippen LogP contribution in [0.1, 0.15) is 54.4 Å². The largest absolute Gasteiger partial charge is 0.315 e. The number of nitrogens with zero attached hydrogens (tertiary/aromatic N) is 1. The van der Waals surface area contributed by atoms with Gasteiger partial charge in [-0.15, -0.1) is 0 Å². The van der Waals surface area contributed by atoms with E-state index in [0.29, 0.717) is 12.1 Å². The molecular formula is C14H32N2. The molecule has 0 aliphatic carbocycles. The van der Waals surface area contributed by atoms with Crippen LogP contribution in [0.25, 0.3) is 0 Å². The standard InChI is InChI=1S/C14H32N2/c1-7-10-16(13(4)5)14(6)11-15-9-8-12(2)3/h12-15H,7-11H2,1-6H3. The van der Waals surface area contributed by atoms with Crippen molar-refractivity contribution in [3.8, 4) is 0 Å². The Morgan fingerprint density at radius 1 is 1.06 bits per heavy atom. The summed E-state index contributed by atoms with van der Waals surface area (Å²) in [4.78, 5) is 2.59. The zero-order valence-electron chi connectivity index (χ0n) is 12.2. The molecule has 0 spiro atoms. The molecule has 0 radical (unpaired) electrons. The van der Waals surface area contributed by atoms with Gasteiger partial charge in [-0.2, -0.15) is 0 Å². The minimum Gasteiger partial charge on any atom is -0.315 e. The molecular weight excluding hydrogens is 196 g/mol. The van der Waals surface area contributed by atoms with Gasteiger partial charge in [0.1, 0.15) is 0 Å². The molecule has 0 aliphatic heterocycles. The molecule has 2 nitrogen and oxygen atoms in total. The minimum absolute atomic E-state index is 0.645. The summed E-state index contributed by atoms with van der Waals surface area (Å²) < 4.78 is 0. The molecule has 0 amide bonds. The Balaban J connectivity index is 3.78. The molecule has 0 bridgehead atoms. The second-order valence-electron chi connectivity index (χ2n) is 5.57. The van der Waals surface area contributed by atoms with Crippen LogP contribution in [0.5, 0.6) is 0 Å². The quantitative estimate of drug-likeness (QED) is 0.610. The third-order valence-corrected chi connectivity index (χ3v) is 3.05. The van der Waals surface area contributed by atoms with Crippen LogP contribution >= 0.6 is 0 Å². The summed E-state index contributed by atoms with van der Waals surface area (Å²) in [6, 6.07) is 1.30. The monoisotopic (exact) mass is 228 g/mol. The highest BCUT2D eigenvalue weighted by Gasteiger charge is 2.15. The summed E-state index contributed by atoms with van der Waals surface area (Å²) in [5.41, 5.74) is 0. The first kappa shape index (κ1) is 15.9. The van der Waals surface area contributed by atoms with Gasteiger partial charge in [0.15, 0.2) is 0 Å². The van der Waals surface area contributed by atoms with E-state index in [9.17, 15) is 0 Å². The molecule has 16 heavy (non-hydrogen) atoms. The van der Waals surface area contributed by atoms with Gasteiger partial charge in [0.2, 0.25) is 0 Å². The molecule has 1 atom stereocenters. The third kappa shape index (κ3) is 7.24. The van der Waals surface area contributed by atoms with Gasteiger partial charge < -0.3 is 5.32 Å². The maximum Gasteiger partial charge on any atom is 0.0195 e. The van der Waals surface area contributed by atoms with Crippen molar-refractivity contribution in [2.45, 2.75) is 66.5 Å². The first-order chi connectivity index (χ1) is 7.49. The maximum absolute atomic E-state index is 3.57. The summed E-state index contributed by atoms with van der Waals surface area (Å²) in [7, 11) is 0. The maximum atomic E-state index is 3.57. The lowest BCUT2D eigenvalue weighted by atomic mass is 10.1. The van der Waals surface area contributed by atoms with E-state index in [0.717, 1.165) is 19.0 Å². The summed E-state index contributed by atoms with van der Waals surface area (Å²) >= 11 is 0. The van der Waals surface area contributed by atoms with Gasteiger partial charge in [0.25, 0.3) is 0 Å². The molecule has 0 rings (SSSR count). The van der Waals surface area contributed by atoms with Gasteiger partial charge in [-0.05, 0) is 52.6 Å². The molecule has 1 N–H and O–H groups in total. The van der Waals surface area contributed by atoms with E-state index in [1.807, 2.05) is 0 Å². The van der Waals surface area contributed by atoms with Gasteiger partial charge in [0.05, 0.1) is 0 Å². The van der Waals surface area contributed by atoms with Crippen LogP contribution in [0.3, 0.4) is 0 Å². The Hall–Kier alpha value is -0.0800. The Kier molecular flexibility index (Phi) is 8.96. The van der Waals surface area contributed by atoms with Gasteiger partial charge >= 0.3 is 0 Å². The average molecular weight is 228 g/mol. The molecule has 1 unspecified atom stereocenters. The summed E-state index contributed by atoms with van der Waals surface area (Å²) in [5, 5.41) is 3.57. The molecule has 0 saturated heterocycles. The fourth-order valence-corrected chi connectivity index (χ4v) is 2.06. The first-order valence-corrected chi connectivity index (χ1v) is 6.95. The molecule has 0 fully saturated rings. The Morgan fingerprint density at radius 2 is 1.69 bits per heavy atom. The molecule has 2 heteroatoms. The highest BCUT2D eigenvalue weighted by atomic mass is 15.2. The van der Waals surface area contributed by atoms with E-state index in [1.54, 1.807) is 0 Å². The van der Waals surface area contributed by atoms with Gasteiger partial charge in [-0.3, -0.25) is 4.90 Å². The van der Waals surface area contributed by atoms with Crippen LogP contribution in [0, 0.1) is 5.92 Å². The van der Waals surface area contributed by atoms with Gasteiger partial charge in [0, 0.05) is 18.6 Å². The average Bonchev–Trinajstić information content (AvgIpc) is 2.19. The zero-order valence-corrected chi connectivity index (χ0v) is 12.2. The van der Waals surface area contributed by atoms with Crippen LogP contribution in [0.4, 0.5) is 0 Å². The van der Waals surface area contributed by atoms with Gasteiger partial charge in [-0.25, -0.2) is 0 Å². The Morgan fingerprint density at radius 3 is 2.12 bits per heavy atom. The van der Waals surface area contributed by atoms with Crippen molar-refractivity contribution >= 4 is 0 Å². The summed E-state index contributed by atoms with van der Waals surface area (Å²) in [5.74, 6) is 0.805. The second-order valence-corrected chi connectivity index (χ2v) is 5.57. The minimum atomic E-state index is 0.645. The van der Waals surface area contributed by atoms with E-state index < -0.39 is 0 Å². The molecule has 0 aromatic carbocycles. The van der Waals surface area contributed by atoms with E-state index in [4.69, 9.17) is 0 Å². The molecule has 0 aromatic rings. The number of rotatable bonds is 9. The third-order valence-electron chi connectivity index (χ3n) is 3.05. The van der Waals surface area contributed by atoms with Gasteiger partial charge in [-0.1, -0.05) is 20.8 Å². The van der Waals surface area contributed by atoms with Crippen LogP contribution in [-0.2, 0) is 0 Å². The highest BCUT2D eigenvalue weighted by molar-refractivity contribution is 4.72. The lowest BCUT2D eigenvalue weighted by Gasteiger charge is -2.32. The summed E-state index contributed by atoms with van der Waals surface area (Å²) in [6.07, 6.45) is 2.52. The lowest BCUT2D eigenvalue weighted by molar-refractivity contribution is 0.161. The first-order valence-electron chi connectivity index (χ1n) is 6.95. The normalized spacial score (nSPS) is 14.1. The van der Waals surface area contributed by atoms with E-state index in [1.165, 1.54) is 19.4 Å². The van der Waals surface area contributed by atoms with E-state index in [-0.39, 0.29) is 0 Å². The van der Waals surface area contributed by atoms with Crippen molar-refractivity contribution in [2.24, 2.45) is 5.92 Å². The van der Waals surface area contributed by atoms with Crippen molar-refractivity contribution in [1.82, 2.24) is 10.2 Å². The number of hydrogen-bond donors (Lipinski definition) is 1. The highest BCUT2D eigenvalue weighted by Crippen LogP contribution is 2.06. The topological polar surface area (TPSA) is 15.3 Å². The van der Waals surface area contributed by atoms with E-state index in [2.05, 4.69) is 51.8 Å². The van der Waals surface area contributed by atoms with Crippen molar-refractivity contribution < 1.29 is 0 Å². The molecule has 0 saturated carbocycles. The molecule has 0 aromatic heterocycles.